The van der Waals surface area contributed by atoms with Crippen LogP contribution in [0.1, 0.15) is 138 Å². The van der Waals surface area contributed by atoms with Crippen LogP contribution in [0.25, 0.3) is 0 Å². The molecular formula is C63H94N10O12P+. The van der Waals surface area contributed by atoms with Gasteiger partial charge in [0.05, 0.1) is 43.4 Å². The van der Waals surface area contributed by atoms with E-state index in [9.17, 15) is 33.8 Å². The van der Waals surface area contributed by atoms with Gasteiger partial charge in [-0.3, -0.25) is 19.2 Å². The van der Waals surface area contributed by atoms with Gasteiger partial charge in [0.25, 0.3) is 11.8 Å². The number of esters is 2. The maximum Gasteiger partial charge on any atom is 0.407 e. The Bertz CT molecular complexity index is 2700. The molecule has 86 heavy (non-hydrogen) atoms. The molecule has 3 amide bonds. The molecule has 0 aliphatic carbocycles. The van der Waals surface area contributed by atoms with Gasteiger partial charge in [0, 0.05) is 89.6 Å². The minimum atomic E-state index is -4.62. The van der Waals surface area contributed by atoms with E-state index in [4.69, 9.17) is 23.3 Å². The van der Waals surface area contributed by atoms with E-state index in [1.807, 2.05) is 101 Å². The van der Waals surface area contributed by atoms with E-state index in [2.05, 4.69) is 36.4 Å². The highest BCUT2D eigenvalue weighted by Crippen LogP contribution is 2.47. The van der Waals surface area contributed by atoms with E-state index in [1.165, 1.54) is 0 Å². The first-order valence-electron chi connectivity index (χ1n) is 29.9. The molecule has 0 aliphatic heterocycles. The second-order valence-corrected chi connectivity index (χ2v) is 24.6. The van der Waals surface area contributed by atoms with Crippen LogP contribution in [0.5, 0.6) is 0 Å². The van der Waals surface area contributed by atoms with E-state index in [-0.39, 0.29) is 31.3 Å². The van der Waals surface area contributed by atoms with Crippen LogP contribution in [-0.4, -0.2) is 146 Å². The monoisotopic (exact) mass is 1210 g/mol. The highest BCUT2D eigenvalue weighted by molar-refractivity contribution is 7.52. The Balaban J connectivity index is 1.11. The molecule has 23 heteroatoms. The van der Waals surface area contributed by atoms with Gasteiger partial charge in [-0.1, -0.05) is 51.4 Å². The second kappa shape index (κ2) is 38.3. The molecule has 0 aliphatic rings. The van der Waals surface area contributed by atoms with Crippen LogP contribution >= 0.6 is 8.17 Å². The van der Waals surface area contributed by atoms with Crippen LogP contribution in [-0.2, 0) is 32.8 Å². The molecule has 0 saturated carbocycles. The van der Waals surface area contributed by atoms with Crippen molar-refractivity contribution in [1.29, 1.82) is 0 Å². The number of ether oxygens (including phenoxy) is 3. The quantitative estimate of drug-likeness (QED) is 0.00806. The Morgan fingerprint density at radius 1 is 0.535 bits per heavy atom. The fourth-order valence-corrected chi connectivity index (χ4v) is 9.14. The van der Waals surface area contributed by atoms with Gasteiger partial charge in [-0.25, -0.2) is 4.79 Å². The smallest absolute Gasteiger partial charge is 0.407 e. The van der Waals surface area contributed by atoms with E-state index >= 15 is 0 Å². The average molecular weight is 1210 g/mol. The van der Waals surface area contributed by atoms with Gasteiger partial charge < -0.3 is 49.3 Å². The van der Waals surface area contributed by atoms with Crippen LogP contribution in [0, 0.1) is 0 Å². The number of hydrogen-bond acceptors (Lipinski definition) is 18. The predicted molar refractivity (Wildman–Crippen MR) is 335 cm³/mol. The minimum absolute atomic E-state index is 0.0659. The van der Waals surface area contributed by atoms with Gasteiger partial charge in [-0.2, -0.15) is 34.4 Å². The number of phosphoric acid groups is 1. The summed E-state index contributed by atoms with van der Waals surface area (Å²) in [7, 11) is 7.12. The van der Waals surface area contributed by atoms with Crippen LogP contribution in [0.15, 0.2) is 118 Å². The van der Waals surface area contributed by atoms with Crippen molar-refractivity contribution in [3.63, 3.8) is 0 Å². The Labute approximate surface area is 509 Å². The largest absolute Gasteiger partial charge is 0.606 e. The van der Waals surface area contributed by atoms with Gasteiger partial charge in [0.15, 0.2) is 6.10 Å². The number of nitrogens with one attached hydrogen (secondary N) is 3. The number of amides is 3. The van der Waals surface area contributed by atoms with E-state index in [0.717, 1.165) is 68.4 Å². The van der Waals surface area contributed by atoms with Gasteiger partial charge in [-0.05, 0) is 144 Å². The summed E-state index contributed by atoms with van der Waals surface area (Å²) in [5, 5.41) is 25.7. The minimum Gasteiger partial charge on any atom is -0.606 e. The first-order chi connectivity index (χ1) is 41.0. The maximum absolute atomic E-state index is 13.0. The lowest BCUT2D eigenvalue weighted by Crippen LogP contribution is -2.44. The number of benzene rings is 4. The van der Waals surface area contributed by atoms with Crippen LogP contribution in [0.2, 0.25) is 0 Å². The fourth-order valence-electron chi connectivity index (χ4n) is 8.40. The zero-order valence-electron chi connectivity index (χ0n) is 52.1. The number of nitrogens with zero attached hydrogens (tertiary/aromatic N) is 7. The van der Waals surface area contributed by atoms with Crippen LogP contribution < -0.4 is 30.6 Å². The first kappa shape index (κ1) is 71.5. The van der Waals surface area contributed by atoms with E-state index in [0.29, 0.717) is 97.5 Å². The van der Waals surface area contributed by atoms with Crippen molar-refractivity contribution in [3.05, 3.63) is 108 Å². The fraction of sp³-hybridized carbons (Fsp3) is 0.540. The third kappa shape index (κ3) is 31.4. The van der Waals surface area contributed by atoms with E-state index in [1.54, 1.807) is 69.3 Å². The van der Waals surface area contributed by atoms with Gasteiger partial charge in [0.2, 0.25) is 0 Å². The first-order valence-corrected chi connectivity index (χ1v) is 31.4. The molecule has 0 radical (unpaired) electrons. The SMILES string of the molecule is CN(C)c1ccc(N=Nc2ccc(C(=O)NCCCCCCCCCCCC(=O)O[C@H](COC(=O)CCCCCNC(=O)c3ccc(N=Nc4ccc(N(C)C)cc4)cc3)CO[P+]([O-])(O)OCC[N+](C)(C)CCCNC(=O)OC(C)(C)C)cc2)cc1. The zero-order valence-corrected chi connectivity index (χ0v) is 53.0. The molecule has 0 heterocycles. The van der Waals surface area contributed by atoms with Crippen LogP contribution in [0.4, 0.5) is 38.9 Å². The van der Waals surface area contributed by atoms with Crippen molar-refractivity contribution in [2.24, 2.45) is 20.5 Å². The Morgan fingerprint density at radius 2 is 0.930 bits per heavy atom. The van der Waals surface area contributed by atoms with Gasteiger partial charge in [0.1, 0.15) is 32.0 Å². The molecule has 2 atom stereocenters. The molecule has 22 nitrogen and oxygen atoms in total. The Hall–Kier alpha value is -6.94. The highest BCUT2D eigenvalue weighted by atomic mass is 31.2. The van der Waals surface area contributed by atoms with Crippen molar-refractivity contribution in [3.8, 4) is 0 Å². The summed E-state index contributed by atoms with van der Waals surface area (Å²) in [4.78, 5) is 90.9. The van der Waals surface area contributed by atoms with Crippen molar-refractivity contribution in [2.75, 3.05) is 105 Å². The van der Waals surface area contributed by atoms with Gasteiger partial charge in [-0.15, -0.1) is 0 Å². The average Bonchev–Trinajstić information content (AvgIpc) is 3.68. The number of azo groups is 2. The van der Waals surface area contributed by atoms with Crippen molar-refractivity contribution in [1.82, 2.24) is 16.0 Å². The van der Waals surface area contributed by atoms with Crippen LogP contribution in [0.3, 0.4) is 0 Å². The molecular weight excluding hydrogens is 1120 g/mol. The summed E-state index contributed by atoms with van der Waals surface area (Å²) in [5.74, 6) is -1.46. The summed E-state index contributed by atoms with van der Waals surface area (Å²) in [6, 6.07) is 29.3. The number of anilines is 2. The molecule has 4 aromatic carbocycles. The number of alkyl carbamates (subject to hydrolysis) is 1. The normalized spacial score (nSPS) is 12.8. The maximum atomic E-state index is 13.0. The number of quaternary nitrogens is 1. The summed E-state index contributed by atoms with van der Waals surface area (Å²) < 4.78 is 27.3. The number of carbonyl (C=O) groups is 5. The zero-order chi connectivity index (χ0) is 62.8. The molecule has 0 bridgehead atoms. The Kier molecular flexibility index (Phi) is 31.8. The molecule has 0 aromatic heterocycles. The summed E-state index contributed by atoms with van der Waals surface area (Å²) in [6.07, 6.45) is 9.19. The third-order valence-electron chi connectivity index (χ3n) is 13.5. The molecule has 4 aromatic rings. The number of unbranched alkanes of at least 4 members (excludes halogenated alkanes) is 10. The summed E-state index contributed by atoms with van der Waals surface area (Å²) >= 11 is 0. The molecule has 1 unspecified atom stereocenters. The third-order valence-corrected chi connectivity index (χ3v) is 14.4. The lowest BCUT2D eigenvalue weighted by atomic mass is 10.1. The van der Waals surface area contributed by atoms with Crippen molar-refractivity contribution >= 4 is 72.1 Å². The summed E-state index contributed by atoms with van der Waals surface area (Å²) in [5.41, 5.74) is 5.30. The molecule has 0 fully saturated rings. The van der Waals surface area contributed by atoms with Gasteiger partial charge >= 0.3 is 26.2 Å². The summed E-state index contributed by atoms with van der Waals surface area (Å²) in [6.45, 7) is 6.64. The van der Waals surface area contributed by atoms with Crippen molar-refractivity contribution in [2.45, 2.75) is 129 Å². The van der Waals surface area contributed by atoms with E-state index < -0.39 is 51.1 Å². The molecule has 0 spiro atoms. The topological polar surface area (TPSA) is 267 Å². The lowest BCUT2D eigenvalue weighted by Gasteiger charge is -2.30. The molecule has 0 saturated heterocycles. The number of phosphoric ester groups is 1. The number of likely N-dealkylation sites (N-methyl/N-ethyl adjacent to an activating group) is 1. The Morgan fingerprint density at radius 3 is 1.37 bits per heavy atom. The highest BCUT2D eigenvalue weighted by Gasteiger charge is 2.32. The van der Waals surface area contributed by atoms with Crippen molar-refractivity contribution < 1.29 is 61.5 Å². The number of carbonyl (C=O) groups excluding carboxylic acids is 5. The molecule has 472 valence electrons. The lowest BCUT2D eigenvalue weighted by molar-refractivity contribution is -0.890. The molecule has 4 N–H and O–H groups in total. The number of rotatable bonds is 40. The standard InChI is InChI=1S/C63H93N10O12P/c1-63(2,3)85-62(78)66-43-22-44-73(8,9)45-46-82-86(79,80)83-48-57(47-81-58(74)23-19-17-21-42-65-61(77)50-27-31-52(32-28-50)68-70-54-35-39-56(40-36-54)72(6)7)84-59(75)24-18-15-13-11-10-12-14-16-20-41-64-60(76)49-25-29-51(30-26-49)67-69-53-33-37-55(38-34-53)71(4)5/h25-40,57H,10-24,41-48H2,1-9H3,(H3-,64,65,66,76,77,78,79,80)/p+1/t57-/m1/s1. The second-order valence-electron chi connectivity index (χ2n) is 23.1. The molecule has 4 rings (SSSR count). The predicted octanol–water partition coefficient (Wildman–Crippen LogP) is 11.8. The number of hydrogen-bond donors (Lipinski definition) is 4.